The molecule has 7 heteroatoms. The van der Waals surface area contributed by atoms with Gasteiger partial charge in [-0.2, -0.15) is 0 Å². The largest absolute Gasteiger partial charge is 0.486 e. The highest BCUT2D eigenvalue weighted by Crippen LogP contribution is 2.34. The van der Waals surface area contributed by atoms with Gasteiger partial charge in [-0.25, -0.2) is 0 Å². The van der Waals surface area contributed by atoms with Crippen LogP contribution >= 0.6 is 0 Å². The van der Waals surface area contributed by atoms with Crippen molar-refractivity contribution in [3.8, 4) is 11.5 Å². The van der Waals surface area contributed by atoms with Crippen LogP contribution < -0.4 is 14.8 Å². The number of nitrogens with zero attached hydrogens (tertiary/aromatic N) is 2. The van der Waals surface area contributed by atoms with E-state index in [0.717, 1.165) is 16.8 Å². The van der Waals surface area contributed by atoms with Gasteiger partial charge in [0.15, 0.2) is 11.5 Å². The lowest BCUT2D eigenvalue weighted by Crippen LogP contribution is -2.50. The second-order valence-corrected chi connectivity index (χ2v) is 7.71. The average molecular weight is 409 g/mol. The number of hydrogen-bond donors (Lipinski definition) is 1. The number of fused-ring (bicyclic) bond motifs is 1. The number of anilines is 1. The minimum absolute atomic E-state index is 0.0325. The summed E-state index contributed by atoms with van der Waals surface area (Å²) >= 11 is 0. The molecule has 0 aliphatic carbocycles. The quantitative estimate of drug-likeness (QED) is 0.840. The number of carbonyl (C=O) groups is 2. The van der Waals surface area contributed by atoms with Crippen molar-refractivity contribution in [1.29, 1.82) is 0 Å². The number of benzene rings is 2. The van der Waals surface area contributed by atoms with Gasteiger partial charge in [-0.15, -0.1) is 0 Å². The van der Waals surface area contributed by atoms with Crippen LogP contribution in [-0.4, -0.2) is 67.6 Å². The Morgan fingerprint density at radius 2 is 1.60 bits per heavy atom. The van der Waals surface area contributed by atoms with E-state index in [1.54, 1.807) is 6.07 Å². The van der Waals surface area contributed by atoms with Gasteiger partial charge in [0.05, 0.1) is 12.1 Å². The molecule has 1 saturated heterocycles. The molecule has 30 heavy (non-hydrogen) atoms. The molecule has 0 atom stereocenters. The van der Waals surface area contributed by atoms with Crippen LogP contribution in [0, 0.1) is 13.8 Å². The van der Waals surface area contributed by atoms with Gasteiger partial charge < -0.3 is 19.7 Å². The van der Waals surface area contributed by atoms with Crippen molar-refractivity contribution in [2.45, 2.75) is 13.8 Å². The van der Waals surface area contributed by atoms with E-state index in [0.29, 0.717) is 63.0 Å². The molecule has 0 spiro atoms. The SMILES string of the molecule is Cc1cccc(C)c1NC(=O)CN1CCN(C(=O)c2cccc3c2OCCO3)CC1. The van der Waals surface area contributed by atoms with Crippen molar-refractivity contribution in [2.24, 2.45) is 0 Å². The molecule has 0 radical (unpaired) electrons. The molecule has 2 aliphatic heterocycles. The Kier molecular flexibility index (Phi) is 5.90. The summed E-state index contributed by atoms with van der Waals surface area (Å²) in [5.41, 5.74) is 3.52. The van der Waals surface area contributed by atoms with Crippen LogP contribution in [0.15, 0.2) is 36.4 Å². The fraction of sp³-hybridized carbons (Fsp3) is 0.391. The molecule has 0 aromatic heterocycles. The van der Waals surface area contributed by atoms with E-state index in [1.807, 2.05) is 49.1 Å². The number of rotatable bonds is 4. The maximum atomic E-state index is 13.0. The summed E-state index contributed by atoms with van der Waals surface area (Å²) in [6.07, 6.45) is 0. The second kappa shape index (κ2) is 8.75. The van der Waals surface area contributed by atoms with Gasteiger partial charge in [0.1, 0.15) is 13.2 Å². The third kappa shape index (κ3) is 4.26. The lowest BCUT2D eigenvalue weighted by molar-refractivity contribution is -0.117. The highest BCUT2D eigenvalue weighted by Gasteiger charge is 2.27. The van der Waals surface area contributed by atoms with Gasteiger partial charge in [-0.1, -0.05) is 24.3 Å². The van der Waals surface area contributed by atoms with E-state index in [4.69, 9.17) is 9.47 Å². The summed E-state index contributed by atoms with van der Waals surface area (Å²) in [5.74, 6) is 1.06. The number of carbonyl (C=O) groups excluding carboxylic acids is 2. The molecular formula is C23H27N3O4. The topological polar surface area (TPSA) is 71.1 Å². The summed E-state index contributed by atoms with van der Waals surface area (Å²) < 4.78 is 11.3. The lowest BCUT2D eigenvalue weighted by atomic mass is 10.1. The van der Waals surface area contributed by atoms with E-state index in [2.05, 4.69) is 10.2 Å². The molecule has 2 aromatic rings. The molecular weight excluding hydrogens is 382 g/mol. The lowest BCUT2D eigenvalue weighted by Gasteiger charge is -2.35. The third-order valence-electron chi connectivity index (χ3n) is 5.57. The maximum absolute atomic E-state index is 13.0. The number of amides is 2. The number of aryl methyl sites for hydroxylation is 2. The summed E-state index contributed by atoms with van der Waals surface area (Å²) in [6.45, 7) is 7.67. The van der Waals surface area contributed by atoms with Crippen LogP contribution in [0.2, 0.25) is 0 Å². The first-order chi connectivity index (χ1) is 14.5. The molecule has 1 N–H and O–H groups in total. The Balaban J connectivity index is 1.33. The smallest absolute Gasteiger partial charge is 0.257 e. The number of ether oxygens (including phenoxy) is 2. The summed E-state index contributed by atoms with van der Waals surface area (Å²) in [4.78, 5) is 29.4. The van der Waals surface area contributed by atoms with Crippen molar-refractivity contribution < 1.29 is 19.1 Å². The van der Waals surface area contributed by atoms with Gasteiger partial charge in [-0.3, -0.25) is 14.5 Å². The number of nitrogens with one attached hydrogen (secondary N) is 1. The average Bonchev–Trinajstić information content (AvgIpc) is 2.76. The van der Waals surface area contributed by atoms with Gasteiger partial charge in [0.25, 0.3) is 5.91 Å². The predicted molar refractivity (Wildman–Crippen MR) is 114 cm³/mol. The molecule has 2 aliphatic rings. The van der Waals surface area contributed by atoms with E-state index in [-0.39, 0.29) is 11.8 Å². The molecule has 158 valence electrons. The Morgan fingerprint density at radius 1 is 0.933 bits per heavy atom. The van der Waals surface area contributed by atoms with E-state index in [9.17, 15) is 9.59 Å². The summed E-state index contributed by atoms with van der Waals surface area (Å²) in [6, 6.07) is 11.4. The summed E-state index contributed by atoms with van der Waals surface area (Å²) in [5, 5.41) is 3.03. The van der Waals surface area contributed by atoms with Crippen LogP contribution in [-0.2, 0) is 4.79 Å². The standard InChI is InChI=1S/C23H27N3O4/c1-16-5-3-6-17(2)21(16)24-20(27)15-25-9-11-26(12-10-25)23(28)18-7-4-8-19-22(18)30-14-13-29-19/h3-8H,9-15H2,1-2H3,(H,24,27). The van der Waals surface area contributed by atoms with Gasteiger partial charge in [0.2, 0.25) is 5.91 Å². The molecule has 4 rings (SSSR count). The second-order valence-electron chi connectivity index (χ2n) is 7.71. The molecule has 1 fully saturated rings. The number of para-hydroxylation sites is 2. The highest BCUT2D eigenvalue weighted by atomic mass is 16.6. The van der Waals surface area contributed by atoms with Gasteiger partial charge >= 0.3 is 0 Å². The Morgan fingerprint density at radius 3 is 2.33 bits per heavy atom. The molecule has 7 nitrogen and oxygen atoms in total. The van der Waals surface area contributed by atoms with Crippen LogP contribution in [0.5, 0.6) is 11.5 Å². The maximum Gasteiger partial charge on any atom is 0.257 e. The molecule has 0 saturated carbocycles. The zero-order valence-corrected chi connectivity index (χ0v) is 17.4. The Bertz CT molecular complexity index is 931. The fourth-order valence-electron chi connectivity index (χ4n) is 3.92. The van der Waals surface area contributed by atoms with E-state index < -0.39 is 0 Å². The molecule has 0 bridgehead atoms. The van der Waals surface area contributed by atoms with Gasteiger partial charge in [0, 0.05) is 31.9 Å². The zero-order chi connectivity index (χ0) is 21.1. The summed E-state index contributed by atoms with van der Waals surface area (Å²) in [7, 11) is 0. The van der Waals surface area contributed by atoms with Crippen LogP contribution in [0.25, 0.3) is 0 Å². The predicted octanol–water partition coefficient (Wildman–Crippen LogP) is 2.47. The monoisotopic (exact) mass is 409 g/mol. The van der Waals surface area contributed by atoms with Crippen molar-refractivity contribution in [3.63, 3.8) is 0 Å². The normalized spacial score (nSPS) is 16.3. The first-order valence-electron chi connectivity index (χ1n) is 10.3. The van der Waals surface area contributed by atoms with Gasteiger partial charge in [-0.05, 0) is 37.1 Å². The fourth-order valence-corrected chi connectivity index (χ4v) is 3.92. The van der Waals surface area contributed by atoms with Crippen molar-refractivity contribution in [1.82, 2.24) is 9.80 Å². The van der Waals surface area contributed by atoms with Crippen molar-refractivity contribution in [3.05, 3.63) is 53.1 Å². The van der Waals surface area contributed by atoms with Crippen LogP contribution in [0.4, 0.5) is 5.69 Å². The number of hydrogen-bond acceptors (Lipinski definition) is 5. The first-order valence-corrected chi connectivity index (χ1v) is 10.3. The van der Waals surface area contributed by atoms with Crippen molar-refractivity contribution in [2.75, 3.05) is 51.3 Å². The molecule has 0 unspecified atom stereocenters. The Hall–Kier alpha value is -3.06. The number of piperazine rings is 1. The zero-order valence-electron chi connectivity index (χ0n) is 17.4. The third-order valence-corrected chi connectivity index (χ3v) is 5.57. The van der Waals surface area contributed by atoms with Crippen LogP contribution in [0.3, 0.4) is 0 Å². The highest BCUT2D eigenvalue weighted by molar-refractivity contribution is 5.98. The van der Waals surface area contributed by atoms with E-state index in [1.165, 1.54) is 0 Å². The first kappa shape index (κ1) is 20.2. The Labute approximate surface area is 176 Å². The minimum atomic E-state index is -0.0583. The minimum Gasteiger partial charge on any atom is -0.486 e. The molecule has 2 heterocycles. The molecule has 2 amide bonds. The molecule has 2 aromatic carbocycles. The van der Waals surface area contributed by atoms with E-state index >= 15 is 0 Å². The van der Waals surface area contributed by atoms with Crippen molar-refractivity contribution >= 4 is 17.5 Å². The van der Waals surface area contributed by atoms with Crippen LogP contribution in [0.1, 0.15) is 21.5 Å².